The zero-order valence-electron chi connectivity index (χ0n) is 18.2. The van der Waals surface area contributed by atoms with Gasteiger partial charge >= 0.3 is 11.9 Å². The maximum atomic E-state index is 13.0. The van der Waals surface area contributed by atoms with Crippen LogP contribution in [0.3, 0.4) is 0 Å². The van der Waals surface area contributed by atoms with Crippen LogP contribution in [0.15, 0.2) is 48.2 Å². The smallest absolute Gasteiger partial charge is 0.361 e. The molecule has 1 amide bonds. The van der Waals surface area contributed by atoms with Gasteiger partial charge in [0.25, 0.3) is 0 Å². The summed E-state index contributed by atoms with van der Waals surface area (Å²) in [6.07, 6.45) is -0.0115. The van der Waals surface area contributed by atoms with E-state index >= 15 is 0 Å². The molecule has 0 saturated carbocycles. The van der Waals surface area contributed by atoms with Gasteiger partial charge in [0, 0.05) is 27.6 Å². The van der Waals surface area contributed by atoms with Crippen LogP contribution in [0, 0.1) is 0 Å². The van der Waals surface area contributed by atoms with Crippen LogP contribution in [0.5, 0.6) is 0 Å². The number of carbonyl (C=O) groups is 3. The van der Waals surface area contributed by atoms with E-state index in [-0.39, 0.29) is 21.4 Å². The summed E-state index contributed by atoms with van der Waals surface area (Å²) in [6.45, 7) is 0.748. The zero-order valence-corrected chi connectivity index (χ0v) is 21.2. The van der Waals surface area contributed by atoms with Crippen molar-refractivity contribution in [3.05, 3.63) is 79.5 Å². The first-order chi connectivity index (χ1) is 16.6. The number of halogens is 4. The molecular formula is C23H17Cl4NO7. The molecular weight excluding hydrogens is 544 g/mol. The number of benzene rings is 2. The lowest BCUT2D eigenvalue weighted by Gasteiger charge is -2.49. The molecule has 8 nitrogen and oxygen atoms in total. The highest BCUT2D eigenvalue weighted by Crippen LogP contribution is 2.53. The standard InChI is InChI=1S/C23H17Cl4NO7/c1-11(29)28-10-20(31)34-35-23(28,15-6-4-13(25)8-17(15)27)21(14-5-3-12(24)7-16(14)26)22-18(32-2)9-19(30)33-22/h3-9,21-22H,10H2,1-2H3. The molecule has 0 radical (unpaired) electrons. The first kappa shape index (κ1) is 25.6. The third-order valence-corrected chi connectivity index (χ3v) is 6.80. The number of esters is 1. The van der Waals surface area contributed by atoms with Crippen molar-refractivity contribution in [1.82, 2.24) is 4.90 Å². The quantitative estimate of drug-likeness (QED) is 0.374. The summed E-state index contributed by atoms with van der Waals surface area (Å²) in [5.74, 6) is -3.11. The predicted octanol–water partition coefficient (Wildman–Crippen LogP) is 5.03. The Bertz CT molecular complexity index is 1250. The summed E-state index contributed by atoms with van der Waals surface area (Å²) < 4.78 is 11.0. The van der Waals surface area contributed by atoms with Gasteiger partial charge in [-0.25, -0.2) is 9.59 Å². The Kier molecular flexibility index (Phi) is 7.22. The number of hydrogen-bond acceptors (Lipinski definition) is 7. The van der Waals surface area contributed by atoms with Crippen LogP contribution in [0.1, 0.15) is 24.0 Å². The maximum absolute atomic E-state index is 13.0. The molecule has 2 aromatic carbocycles. The molecule has 3 atom stereocenters. The first-order valence-electron chi connectivity index (χ1n) is 10.1. The summed E-state index contributed by atoms with van der Waals surface area (Å²) >= 11 is 25.5. The Balaban J connectivity index is 2.09. The molecule has 1 saturated heterocycles. The SMILES string of the molecule is COC1=CC(=O)OC1C(c1ccc(Cl)cc1Cl)C1(c2ccc(Cl)cc2Cl)OOC(=O)CN1C(C)=O. The molecule has 2 aliphatic rings. The van der Waals surface area contributed by atoms with Crippen molar-refractivity contribution in [2.75, 3.05) is 13.7 Å². The molecule has 12 heteroatoms. The second kappa shape index (κ2) is 9.87. The van der Waals surface area contributed by atoms with E-state index in [9.17, 15) is 14.4 Å². The molecule has 2 aliphatic heterocycles. The summed E-state index contributed by atoms with van der Waals surface area (Å²) in [5.41, 5.74) is -1.43. The number of hydrogen-bond donors (Lipinski definition) is 0. The van der Waals surface area contributed by atoms with Gasteiger partial charge in [-0.1, -0.05) is 58.5 Å². The van der Waals surface area contributed by atoms with Crippen molar-refractivity contribution in [3.8, 4) is 0 Å². The fourth-order valence-corrected chi connectivity index (χ4v) is 5.36. The van der Waals surface area contributed by atoms with E-state index < -0.39 is 42.1 Å². The van der Waals surface area contributed by atoms with Gasteiger partial charge in [-0.3, -0.25) is 14.6 Å². The fraction of sp³-hybridized carbons (Fsp3) is 0.261. The van der Waals surface area contributed by atoms with Crippen molar-refractivity contribution in [2.45, 2.75) is 24.7 Å². The largest absolute Gasteiger partial charge is 0.497 e. The number of cyclic esters (lactones) is 1. The lowest BCUT2D eigenvalue weighted by molar-refractivity contribution is -0.400. The predicted molar refractivity (Wildman–Crippen MR) is 127 cm³/mol. The van der Waals surface area contributed by atoms with Crippen LogP contribution < -0.4 is 0 Å². The third-order valence-electron chi connectivity index (χ3n) is 5.69. The minimum absolute atomic E-state index is 0.0871. The maximum Gasteiger partial charge on any atom is 0.361 e. The van der Waals surface area contributed by atoms with Crippen LogP contribution in [-0.4, -0.2) is 42.5 Å². The number of rotatable bonds is 5. The molecule has 0 spiro atoms. The van der Waals surface area contributed by atoms with Gasteiger partial charge in [-0.2, -0.15) is 4.89 Å². The molecule has 184 valence electrons. The molecule has 3 unspecified atom stereocenters. The van der Waals surface area contributed by atoms with E-state index in [0.29, 0.717) is 15.6 Å². The fourth-order valence-electron chi connectivity index (χ4n) is 4.29. The minimum Gasteiger partial charge on any atom is -0.497 e. The molecule has 4 rings (SSSR count). The van der Waals surface area contributed by atoms with E-state index in [1.165, 1.54) is 38.3 Å². The summed E-state index contributed by atoms with van der Waals surface area (Å²) in [6, 6.07) is 9.10. The highest BCUT2D eigenvalue weighted by molar-refractivity contribution is 6.35. The van der Waals surface area contributed by atoms with E-state index in [1.807, 2.05) is 0 Å². The molecule has 0 aliphatic carbocycles. The molecule has 2 aromatic rings. The molecule has 0 N–H and O–H groups in total. The monoisotopic (exact) mass is 559 g/mol. The van der Waals surface area contributed by atoms with Gasteiger partial charge in [-0.15, -0.1) is 0 Å². The second-order valence-corrected chi connectivity index (χ2v) is 9.40. The Morgan fingerprint density at radius 1 is 1.09 bits per heavy atom. The van der Waals surface area contributed by atoms with Gasteiger partial charge in [0.05, 0.1) is 24.1 Å². The van der Waals surface area contributed by atoms with E-state index in [0.717, 1.165) is 11.0 Å². The van der Waals surface area contributed by atoms with E-state index in [1.54, 1.807) is 12.1 Å². The normalized spacial score (nSPS) is 22.9. The lowest BCUT2D eigenvalue weighted by atomic mass is 9.77. The Labute approximate surface area is 220 Å². The summed E-state index contributed by atoms with van der Waals surface area (Å²) in [7, 11) is 1.35. The molecule has 1 fully saturated rings. The minimum atomic E-state index is -1.97. The topological polar surface area (TPSA) is 91.4 Å². The molecule has 0 aromatic heterocycles. The average molecular weight is 561 g/mol. The average Bonchev–Trinajstić information content (AvgIpc) is 3.16. The van der Waals surface area contributed by atoms with Crippen molar-refractivity contribution in [1.29, 1.82) is 0 Å². The van der Waals surface area contributed by atoms with Crippen LogP contribution in [0.25, 0.3) is 0 Å². The summed E-state index contributed by atoms with van der Waals surface area (Å²) in [5, 5.41) is 0.891. The van der Waals surface area contributed by atoms with Gasteiger partial charge in [-0.05, 0) is 29.8 Å². The first-order valence-corrected chi connectivity index (χ1v) is 11.6. The molecule has 0 bridgehead atoms. The zero-order chi connectivity index (χ0) is 25.5. The number of nitrogens with zero attached hydrogens (tertiary/aromatic N) is 1. The van der Waals surface area contributed by atoms with Crippen molar-refractivity contribution in [2.24, 2.45) is 0 Å². The second-order valence-electron chi connectivity index (χ2n) is 7.72. The van der Waals surface area contributed by atoms with Gasteiger partial charge in [0.1, 0.15) is 12.3 Å². The van der Waals surface area contributed by atoms with Crippen LogP contribution in [0.2, 0.25) is 20.1 Å². The number of methoxy groups -OCH3 is 1. The van der Waals surface area contributed by atoms with Gasteiger partial charge in [0.15, 0.2) is 6.10 Å². The lowest BCUT2D eigenvalue weighted by Crippen LogP contribution is -2.61. The van der Waals surface area contributed by atoms with E-state index in [4.69, 9.17) is 65.7 Å². The van der Waals surface area contributed by atoms with Crippen LogP contribution in [-0.2, 0) is 39.4 Å². The van der Waals surface area contributed by atoms with E-state index in [2.05, 4.69) is 0 Å². The highest BCUT2D eigenvalue weighted by atomic mass is 35.5. The van der Waals surface area contributed by atoms with Crippen LogP contribution >= 0.6 is 46.4 Å². The van der Waals surface area contributed by atoms with Gasteiger partial charge in [0.2, 0.25) is 11.6 Å². The Morgan fingerprint density at radius 3 is 2.34 bits per heavy atom. The summed E-state index contributed by atoms with van der Waals surface area (Å²) in [4.78, 5) is 49.5. The number of amides is 1. The Morgan fingerprint density at radius 2 is 1.74 bits per heavy atom. The van der Waals surface area contributed by atoms with Gasteiger partial charge < -0.3 is 9.47 Å². The number of ether oxygens (including phenoxy) is 2. The number of carbonyl (C=O) groups excluding carboxylic acids is 3. The van der Waals surface area contributed by atoms with Crippen molar-refractivity contribution >= 4 is 64.2 Å². The van der Waals surface area contributed by atoms with Crippen LogP contribution in [0.4, 0.5) is 0 Å². The van der Waals surface area contributed by atoms with Crippen molar-refractivity contribution < 1.29 is 33.6 Å². The molecule has 2 heterocycles. The third kappa shape index (κ3) is 4.57. The Hall–Kier alpha value is -2.49. The van der Waals surface area contributed by atoms with Crippen molar-refractivity contribution in [3.63, 3.8) is 0 Å². The highest BCUT2D eigenvalue weighted by Gasteiger charge is 2.60. The molecule has 35 heavy (non-hydrogen) atoms.